The minimum atomic E-state index is -0.173. The van der Waals surface area contributed by atoms with Gasteiger partial charge in [0, 0.05) is 36.7 Å². The highest BCUT2D eigenvalue weighted by molar-refractivity contribution is 5.79. The first-order valence-electron chi connectivity index (χ1n) is 9.44. The Balaban J connectivity index is 1.58. The first-order chi connectivity index (χ1) is 13.8. The molecule has 5 nitrogen and oxygen atoms in total. The van der Waals surface area contributed by atoms with Crippen molar-refractivity contribution in [2.45, 2.75) is 19.1 Å². The minimum Gasteiger partial charge on any atom is -0.381 e. The zero-order valence-corrected chi connectivity index (χ0v) is 15.6. The first-order valence-corrected chi connectivity index (χ1v) is 9.44. The van der Waals surface area contributed by atoms with E-state index >= 15 is 0 Å². The third-order valence-electron chi connectivity index (χ3n) is 4.93. The normalized spacial score (nSPS) is 16.8. The van der Waals surface area contributed by atoms with Gasteiger partial charge < -0.3 is 15.0 Å². The van der Waals surface area contributed by atoms with Crippen LogP contribution in [0.15, 0.2) is 79.1 Å². The molecule has 4 rings (SSSR count). The van der Waals surface area contributed by atoms with Crippen molar-refractivity contribution in [1.29, 1.82) is 0 Å². The van der Waals surface area contributed by atoms with Gasteiger partial charge in [-0.15, -0.1) is 0 Å². The number of amides is 1. The fourth-order valence-corrected chi connectivity index (χ4v) is 3.47. The molecule has 1 aliphatic heterocycles. The summed E-state index contributed by atoms with van der Waals surface area (Å²) in [4.78, 5) is 18.8. The summed E-state index contributed by atoms with van der Waals surface area (Å²) in [6.45, 7) is 1.85. The van der Waals surface area contributed by atoms with E-state index in [-0.39, 0.29) is 18.6 Å². The second-order valence-electron chi connectivity index (χ2n) is 6.84. The summed E-state index contributed by atoms with van der Waals surface area (Å²) in [5.74, 6) is -0.00188. The number of nitrogens with zero attached hydrogens (tertiary/aromatic N) is 2. The number of hydrogen-bond donors (Lipinski definition) is 1. The lowest BCUT2D eigenvalue weighted by Crippen LogP contribution is -2.43. The molecule has 1 unspecified atom stereocenters. The van der Waals surface area contributed by atoms with Gasteiger partial charge in [-0.2, -0.15) is 0 Å². The minimum absolute atomic E-state index is 0.00188. The first kappa shape index (κ1) is 18.2. The fourth-order valence-electron chi connectivity index (χ4n) is 3.47. The summed E-state index contributed by atoms with van der Waals surface area (Å²) in [5, 5.41) is 3.49. The highest BCUT2D eigenvalue weighted by Gasteiger charge is 2.31. The van der Waals surface area contributed by atoms with Crippen LogP contribution in [0.2, 0.25) is 0 Å². The van der Waals surface area contributed by atoms with Crippen LogP contribution >= 0.6 is 0 Å². The van der Waals surface area contributed by atoms with Crippen molar-refractivity contribution in [3.05, 3.63) is 95.8 Å². The van der Waals surface area contributed by atoms with Gasteiger partial charge in [-0.3, -0.25) is 9.78 Å². The van der Waals surface area contributed by atoms with E-state index in [1.54, 1.807) is 6.20 Å². The summed E-state index contributed by atoms with van der Waals surface area (Å²) in [6.07, 6.45) is 3.60. The second-order valence-corrected chi connectivity index (χ2v) is 6.84. The summed E-state index contributed by atoms with van der Waals surface area (Å²) < 4.78 is 5.59. The number of hydrogen-bond acceptors (Lipinski definition) is 4. The van der Waals surface area contributed by atoms with E-state index in [4.69, 9.17) is 4.74 Å². The number of pyridine rings is 1. The van der Waals surface area contributed by atoms with Crippen LogP contribution in [0.5, 0.6) is 0 Å². The largest absolute Gasteiger partial charge is 0.381 e. The predicted molar refractivity (Wildman–Crippen MR) is 109 cm³/mol. The van der Waals surface area contributed by atoms with Crippen molar-refractivity contribution in [3.63, 3.8) is 0 Å². The highest BCUT2D eigenvalue weighted by atomic mass is 16.5. The lowest BCUT2D eigenvalue weighted by atomic mass is 10.0. The van der Waals surface area contributed by atoms with Gasteiger partial charge >= 0.3 is 0 Å². The van der Waals surface area contributed by atoms with Crippen molar-refractivity contribution in [1.82, 2.24) is 9.88 Å². The highest BCUT2D eigenvalue weighted by Crippen LogP contribution is 2.31. The second kappa shape index (κ2) is 8.67. The molecule has 28 heavy (non-hydrogen) atoms. The van der Waals surface area contributed by atoms with Crippen molar-refractivity contribution >= 4 is 11.6 Å². The van der Waals surface area contributed by atoms with Crippen molar-refractivity contribution < 1.29 is 9.53 Å². The number of nitrogens with one attached hydrogen (secondary N) is 1. The zero-order valence-electron chi connectivity index (χ0n) is 15.6. The van der Waals surface area contributed by atoms with Gasteiger partial charge in [-0.1, -0.05) is 60.7 Å². The lowest BCUT2D eigenvalue weighted by molar-refractivity contribution is -0.149. The summed E-state index contributed by atoms with van der Waals surface area (Å²) in [7, 11) is 0. The molecule has 5 heteroatoms. The maximum atomic E-state index is 12.6. The summed E-state index contributed by atoms with van der Waals surface area (Å²) in [6, 6.07) is 22.1. The van der Waals surface area contributed by atoms with E-state index < -0.39 is 0 Å². The smallest absolute Gasteiger partial charge is 0.249 e. The molecule has 0 saturated carbocycles. The number of carbonyl (C=O) groups excluding carboxylic acids is 1. The number of ether oxygens (including phenoxy) is 1. The maximum Gasteiger partial charge on any atom is 0.249 e. The molecule has 0 radical (unpaired) electrons. The average Bonchev–Trinajstić information content (AvgIpc) is 2.75. The zero-order chi connectivity index (χ0) is 19.2. The lowest BCUT2D eigenvalue weighted by Gasteiger charge is -2.36. The maximum absolute atomic E-state index is 12.6. The quantitative estimate of drug-likeness (QED) is 0.714. The number of carbonyl (C=O) groups is 1. The number of morpholine rings is 1. The Hall–Kier alpha value is -3.18. The molecule has 1 aliphatic rings. The van der Waals surface area contributed by atoms with Gasteiger partial charge in [-0.05, 0) is 17.2 Å². The molecule has 1 saturated heterocycles. The van der Waals surface area contributed by atoms with Crippen LogP contribution in [0, 0.1) is 0 Å². The number of benzene rings is 2. The van der Waals surface area contributed by atoms with Crippen LogP contribution in [0.1, 0.15) is 22.7 Å². The molecule has 1 fully saturated rings. The summed E-state index contributed by atoms with van der Waals surface area (Å²) >= 11 is 0. The number of rotatable bonds is 6. The van der Waals surface area contributed by atoms with E-state index in [1.807, 2.05) is 65.7 Å². The van der Waals surface area contributed by atoms with Crippen molar-refractivity contribution in [2.75, 3.05) is 18.5 Å². The Bertz CT molecular complexity index is 915. The van der Waals surface area contributed by atoms with Crippen LogP contribution < -0.4 is 5.32 Å². The summed E-state index contributed by atoms with van der Waals surface area (Å²) in [5.41, 5.74) is 4.25. The Morgan fingerprint density at radius 3 is 2.46 bits per heavy atom. The SMILES string of the molecule is O=C1COCC(c2cnccc2NCc2ccccc2)N1Cc1ccccc1. The van der Waals surface area contributed by atoms with Gasteiger partial charge in [0.05, 0.1) is 12.6 Å². The van der Waals surface area contributed by atoms with Gasteiger partial charge in [0.2, 0.25) is 5.91 Å². The molecule has 2 heterocycles. The van der Waals surface area contributed by atoms with E-state index in [0.717, 1.165) is 16.8 Å². The van der Waals surface area contributed by atoms with Crippen LogP contribution in [-0.4, -0.2) is 29.0 Å². The monoisotopic (exact) mass is 373 g/mol. The van der Waals surface area contributed by atoms with Gasteiger partial charge in [-0.25, -0.2) is 0 Å². The van der Waals surface area contributed by atoms with Gasteiger partial charge in [0.15, 0.2) is 0 Å². The van der Waals surface area contributed by atoms with Crippen LogP contribution in [0.25, 0.3) is 0 Å². The van der Waals surface area contributed by atoms with E-state index in [9.17, 15) is 4.79 Å². The molecule has 0 spiro atoms. The van der Waals surface area contributed by atoms with Gasteiger partial charge in [0.1, 0.15) is 6.61 Å². The Labute approximate surface area is 165 Å². The number of aromatic nitrogens is 1. The molecular formula is C23H23N3O2. The molecule has 0 bridgehead atoms. The average molecular weight is 373 g/mol. The molecule has 1 aromatic heterocycles. The molecule has 0 aliphatic carbocycles. The standard InChI is InChI=1S/C23H23N3O2/c27-23-17-28-16-22(26(23)15-19-9-5-2-6-10-19)20-14-24-12-11-21(20)25-13-18-7-3-1-4-8-18/h1-12,14,22H,13,15-17H2,(H,24,25). The molecular weight excluding hydrogens is 350 g/mol. The molecule has 142 valence electrons. The predicted octanol–water partition coefficient (Wildman–Crippen LogP) is 3.79. The third kappa shape index (κ3) is 4.21. The Morgan fingerprint density at radius 1 is 1.00 bits per heavy atom. The van der Waals surface area contributed by atoms with E-state index in [2.05, 4.69) is 22.4 Å². The van der Waals surface area contributed by atoms with E-state index in [1.165, 1.54) is 5.56 Å². The Morgan fingerprint density at radius 2 is 1.71 bits per heavy atom. The van der Waals surface area contributed by atoms with Crippen molar-refractivity contribution in [3.8, 4) is 0 Å². The van der Waals surface area contributed by atoms with Crippen LogP contribution in [0.3, 0.4) is 0 Å². The van der Waals surface area contributed by atoms with E-state index in [0.29, 0.717) is 19.7 Å². The fraction of sp³-hybridized carbons (Fsp3) is 0.217. The van der Waals surface area contributed by atoms with Crippen molar-refractivity contribution in [2.24, 2.45) is 0 Å². The van der Waals surface area contributed by atoms with Crippen LogP contribution in [-0.2, 0) is 22.6 Å². The molecule has 3 aromatic rings. The Kier molecular flexibility index (Phi) is 5.64. The van der Waals surface area contributed by atoms with Gasteiger partial charge in [0.25, 0.3) is 0 Å². The molecule has 1 atom stereocenters. The molecule has 1 amide bonds. The van der Waals surface area contributed by atoms with Crippen LogP contribution in [0.4, 0.5) is 5.69 Å². The molecule has 1 N–H and O–H groups in total. The number of anilines is 1. The topological polar surface area (TPSA) is 54.5 Å². The molecule has 2 aromatic carbocycles. The third-order valence-corrected chi connectivity index (χ3v) is 4.93.